The zero-order chi connectivity index (χ0) is 17.9. The summed E-state index contributed by atoms with van der Waals surface area (Å²) in [5, 5.41) is 0. The molecule has 2 heterocycles. The highest BCUT2D eigenvalue weighted by atomic mass is 32.2. The number of hydrogen-bond donors (Lipinski definition) is 0. The van der Waals surface area contributed by atoms with Crippen molar-refractivity contribution >= 4 is 15.8 Å². The number of hydrogen-bond acceptors (Lipinski definition) is 5. The quantitative estimate of drug-likeness (QED) is 0.766. The highest BCUT2D eigenvalue weighted by Gasteiger charge is 2.31. The van der Waals surface area contributed by atoms with Gasteiger partial charge in [-0.05, 0) is 44.0 Å². The Kier molecular flexibility index (Phi) is 5.15. The molecule has 0 N–H and O–H groups in total. The van der Waals surface area contributed by atoms with Crippen LogP contribution in [-0.4, -0.2) is 42.7 Å². The molecule has 1 aromatic heterocycles. The van der Waals surface area contributed by atoms with Crippen molar-refractivity contribution in [1.82, 2.24) is 9.29 Å². The molecule has 0 spiro atoms. The first-order chi connectivity index (χ1) is 12.0. The third-order valence-electron chi connectivity index (χ3n) is 4.17. The highest BCUT2D eigenvalue weighted by Crippen LogP contribution is 2.24. The number of carbonyl (C=O) groups is 1. The van der Waals surface area contributed by atoms with Crippen LogP contribution in [0.1, 0.15) is 30.1 Å². The minimum Gasteiger partial charge on any atom is -0.489 e. The summed E-state index contributed by atoms with van der Waals surface area (Å²) in [6.45, 7) is 2.16. The van der Waals surface area contributed by atoms with Gasteiger partial charge in [0.1, 0.15) is 11.9 Å². The van der Waals surface area contributed by atoms with Crippen molar-refractivity contribution in [3.8, 4) is 5.75 Å². The van der Waals surface area contributed by atoms with Gasteiger partial charge >= 0.3 is 0 Å². The lowest BCUT2D eigenvalue weighted by atomic mass is 10.1. The van der Waals surface area contributed by atoms with E-state index in [1.165, 1.54) is 23.4 Å². The fraction of sp³-hybridized carbons (Fsp3) is 0.333. The summed E-state index contributed by atoms with van der Waals surface area (Å²) in [5.74, 6) is 0.521. The number of rotatable bonds is 5. The van der Waals surface area contributed by atoms with Crippen LogP contribution < -0.4 is 4.74 Å². The van der Waals surface area contributed by atoms with Crippen LogP contribution in [0.3, 0.4) is 0 Å². The van der Waals surface area contributed by atoms with Gasteiger partial charge < -0.3 is 4.74 Å². The lowest BCUT2D eigenvalue weighted by molar-refractivity contribution is 0.101. The molecule has 1 aliphatic rings. The summed E-state index contributed by atoms with van der Waals surface area (Å²) in [6, 6.07) is 9.68. The molecule has 0 amide bonds. The number of nitrogens with zero attached hydrogens (tertiary/aromatic N) is 2. The lowest BCUT2D eigenvalue weighted by Gasteiger charge is -2.32. The van der Waals surface area contributed by atoms with Crippen molar-refractivity contribution in [1.29, 1.82) is 0 Å². The summed E-state index contributed by atoms with van der Waals surface area (Å²) in [4.78, 5) is 15.6. The predicted octanol–water partition coefficient (Wildman–Crippen LogP) is 2.52. The molecule has 1 saturated heterocycles. The van der Waals surface area contributed by atoms with Gasteiger partial charge in [0.2, 0.25) is 10.0 Å². The van der Waals surface area contributed by atoms with E-state index in [0.717, 1.165) is 12.8 Å². The molecule has 1 atom stereocenters. The molecule has 132 valence electrons. The fourth-order valence-electron chi connectivity index (χ4n) is 2.85. The van der Waals surface area contributed by atoms with Gasteiger partial charge in [-0.15, -0.1) is 0 Å². The van der Waals surface area contributed by atoms with Crippen LogP contribution in [0.15, 0.2) is 53.7 Å². The maximum atomic E-state index is 12.9. The van der Waals surface area contributed by atoms with E-state index in [4.69, 9.17) is 4.74 Å². The Hall–Kier alpha value is -2.25. The Morgan fingerprint density at radius 1 is 1.24 bits per heavy atom. The Morgan fingerprint density at radius 2 is 2.00 bits per heavy atom. The first-order valence-corrected chi connectivity index (χ1v) is 9.58. The first-order valence-electron chi connectivity index (χ1n) is 8.14. The number of benzene rings is 1. The normalized spacial score (nSPS) is 18.7. The molecule has 6 nitrogen and oxygen atoms in total. The largest absolute Gasteiger partial charge is 0.489 e. The van der Waals surface area contributed by atoms with E-state index in [1.807, 2.05) is 0 Å². The molecule has 0 aliphatic carbocycles. The van der Waals surface area contributed by atoms with Crippen molar-refractivity contribution in [3.05, 3.63) is 54.4 Å². The second kappa shape index (κ2) is 7.33. The number of pyridine rings is 1. The monoisotopic (exact) mass is 360 g/mol. The van der Waals surface area contributed by atoms with Crippen LogP contribution >= 0.6 is 0 Å². The van der Waals surface area contributed by atoms with Gasteiger partial charge in [-0.3, -0.25) is 9.78 Å². The van der Waals surface area contributed by atoms with E-state index in [0.29, 0.717) is 17.9 Å². The van der Waals surface area contributed by atoms with Crippen molar-refractivity contribution in [2.45, 2.75) is 30.8 Å². The fourth-order valence-corrected chi connectivity index (χ4v) is 4.41. The number of ether oxygens (including phenoxy) is 1. The number of carbonyl (C=O) groups excluding carboxylic acids is 1. The molecule has 0 radical (unpaired) electrons. The van der Waals surface area contributed by atoms with Gasteiger partial charge in [0.25, 0.3) is 0 Å². The molecule has 0 bridgehead atoms. The molecule has 1 fully saturated rings. The number of piperidine rings is 1. The molecule has 25 heavy (non-hydrogen) atoms. The van der Waals surface area contributed by atoms with Crippen molar-refractivity contribution in [3.63, 3.8) is 0 Å². The maximum absolute atomic E-state index is 12.9. The molecule has 7 heteroatoms. The summed E-state index contributed by atoms with van der Waals surface area (Å²) in [6.07, 6.45) is 4.59. The van der Waals surface area contributed by atoms with E-state index in [1.54, 1.807) is 36.7 Å². The molecular weight excluding hydrogens is 340 g/mol. The number of aromatic nitrogens is 1. The third-order valence-corrected chi connectivity index (χ3v) is 6.03. The molecule has 2 aromatic rings. The molecule has 1 unspecified atom stereocenters. The van der Waals surface area contributed by atoms with E-state index in [2.05, 4.69) is 4.98 Å². The van der Waals surface area contributed by atoms with Gasteiger partial charge in [0.15, 0.2) is 5.78 Å². The second-order valence-corrected chi connectivity index (χ2v) is 7.95. The smallest absolute Gasteiger partial charge is 0.243 e. The van der Waals surface area contributed by atoms with Crippen molar-refractivity contribution in [2.24, 2.45) is 0 Å². The van der Waals surface area contributed by atoms with Gasteiger partial charge in [0, 0.05) is 24.5 Å². The SMILES string of the molecule is CC(=O)c1cccc(S(=O)(=O)N2CCCC(Oc3ccncc3)C2)c1. The average Bonchev–Trinajstić information content (AvgIpc) is 2.63. The molecule has 0 saturated carbocycles. The van der Waals surface area contributed by atoms with Gasteiger partial charge in [-0.1, -0.05) is 12.1 Å². The van der Waals surface area contributed by atoms with Crippen LogP contribution in [0.2, 0.25) is 0 Å². The van der Waals surface area contributed by atoms with Crippen LogP contribution in [0.25, 0.3) is 0 Å². The molecule has 1 aliphatic heterocycles. The van der Waals surface area contributed by atoms with E-state index >= 15 is 0 Å². The predicted molar refractivity (Wildman–Crippen MR) is 93.1 cm³/mol. The zero-order valence-corrected chi connectivity index (χ0v) is 14.8. The summed E-state index contributed by atoms with van der Waals surface area (Å²) >= 11 is 0. The molecular formula is C18H20N2O4S. The number of Topliss-reactive ketones (excluding diaryl/α,β-unsaturated/α-hetero) is 1. The highest BCUT2D eigenvalue weighted by molar-refractivity contribution is 7.89. The van der Waals surface area contributed by atoms with Crippen LogP contribution in [-0.2, 0) is 10.0 Å². The summed E-state index contributed by atoms with van der Waals surface area (Å²) < 4.78 is 33.1. The summed E-state index contributed by atoms with van der Waals surface area (Å²) in [7, 11) is -3.65. The topological polar surface area (TPSA) is 76.6 Å². The third kappa shape index (κ3) is 4.05. The van der Waals surface area contributed by atoms with E-state index in [9.17, 15) is 13.2 Å². The summed E-state index contributed by atoms with van der Waals surface area (Å²) in [5.41, 5.74) is 0.391. The number of sulfonamides is 1. The molecule has 3 rings (SSSR count). The molecule has 1 aromatic carbocycles. The average molecular weight is 360 g/mol. The standard InChI is InChI=1S/C18H20N2O4S/c1-14(21)15-4-2-6-18(12-15)25(22,23)20-11-3-5-17(13-20)24-16-7-9-19-10-8-16/h2,4,6-10,12,17H,3,5,11,13H2,1H3. The van der Waals surface area contributed by atoms with Crippen LogP contribution in [0, 0.1) is 0 Å². The van der Waals surface area contributed by atoms with Gasteiger partial charge in [0.05, 0.1) is 11.4 Å². The van der Waals surface area contributed by atoms with E-state index < -0.39 is 10.0 Å². The maximum Gasteiger partial charge on any atom is 0.243 e. The van der Waals surface area contributed by atoms with Crippen molar-refractivity contribution in [2.75, 3.05) is 13.1 Å². The minimum absolute atomic E-state index is 0.143. The minimum atomic E-state index is -3.65. The Morgan fingerprint density at radius 3 is 2.72 bits per heavy atom. The van der Waals surface area contributed by atoms with Crippen LogP contribution in [0.4, 0.5) is 0 Å². The second-order valence-electron chi connectivity index (χ2n) is 6.01. The Labute approximate surface area is 147 Å². The van der Waals surface area contributed by atoms with Gasteiger partial charge in [-0.2, -0.15) is 4.31 Å². The Bertz CT molecular complexity index is 852. The lowest BCUT2D eigenvalue weighted by Crippen LogP contribution is -2.44. The van der Waals surface area contributed by atoms with Crippen molar-refractivity contribution < 1.29 is 17.9 Å². The Balaban J connectivity index is 1.78. The van der Waals surface area contributed by atoms with E-state index in [-0.39, 0.29) is 23.3 Å². The van der Waals surface area contributed by atoms with Gasteiger partial charge in [-0.25, -0.2) is 8.42 Å². The van der Waals surface area contributed by atoms with Crippen LogP contribution in [0.5, 0.6) is 5.75 Å². The number of ketones is 1. The first kappa shape index (κ1) is 17.6. The zero-order valence-electron chi connectivity index (χ0n) is 14.0.